The van der Waals surface area contributed by atoms with Gasteiger partial charge in [-0.15, -0.1) is 0 Å². The number of halogens is 7. The zero-order valence-electron chi connectivity index (χ0n) is 17.4. The highest BCUT2D eigenvalue weighted by Gasteiger charge is 2.34. The standard InChI is InChI=1S/C15H13BrCl6N4.2C2H2O2/c1-3-26(4-2)10-6-5-8(7-9(10)16)11-23-12(14(17,18)19)25-13(24-11)15(20,21)22;2*3-1-2-4/h5-7H,3-4H2,1-2H3;2*3-4H. The molecule has 4 N–H and O–H groups in total. The zero-order chi connectivity index (χ0) is 26.5. The molecule has 15 heteroatoms. The van der Waals surface area contributed by atoms with Gasteiger partial charge in [0.05, 0.1) is 5.69 Å². The van der Waals surface area contributed by atoms with Crippen LogP contribution in [0, 0.1) is 24.4 Å². The van der Waals surface area contributed by atoms with Crippen LogP contribution in [0.4, 0.5) is 5.69 Å². The van der Waals surface area contributed by atoms with Crippen molar-refractivity contribution in [1.29, 1.82) is 0 Å². The molecule has 0 aliphatic carbocycles. The van der Waals surface area contributed by atoms with Crippen LogP contribution in [0.15, 0.2) is 22.7 Å². The third-order valence-electron chi connectivity index (χ3n) is 3.55. The summed E-state index contributed by atoms with van der Waals surface area (Å²) in [6.07, 6.45) is 4.94. The molecule has 0 saturated carbocycles. The van der Waals surface area contributed by atoms with Gasteiger partial charge in [-0.1, -0.05) is 69.6 Å². The molecular formula is C19H17BrCl6N4O4. The Morgan fingerprint density at radius 1 is 0.794 bits per heavy atom. The lowest BCUT2D eigenvalue weighted by atomic mass is 10.2. The maximum absolute atomic E-state index is 7.26. The molecule has 8 nitrogen and oxygen atoms in total. The predicted molar refractivity (Wildman–Crippen MR) is 138 cm³/mol. The number of alkyl halides is 6. The lowest BCUT2D eigenvalue weighted by Crippen LogP contribution is -2.22. The van der Waals surface area contributed by atoms with Gasteiger partial charge in [0.2, 0.25) is 7.59 Å². The predicted octanol–water partition coefficient (Wildman–Crippen LogP) is 6.10. The van der Waals surface area contributed by atoms with Crippen molar-refractivity contribution in [3.05, 3.63) is 34.3 Å². The summed E-state index contributed by atoms with van der Waals surface area (Å²) in [5, 5.41) is 29.1. The Kier molecular flexibility index (Phi) is 14.9. The van der Waals surface area contributed by atoms with Crippen molar-refractivity contribution in [1.82, 2.24) is 15.0 Å². The lowest BCUT2D eigenvalue weighted by Gasteiger charge is -2.23. The minimum atomic E-state index is -1.89. The number of hydrogen-bond acceptors (Lipinski definition) is 8. The normalized spacial score (nSPS) is 10.1. The molecule has 0 bridgehead atoms. The molecule has 1 aromatic carbocycles. The molecule has 186 valence electrons. The summed E-state index contributed by atoms with van der Waals surface area (Å²) in [7, 11) is 0. The van der Waals surface area contributed by atoms with E-state index in [1.807, 2.05) is 18.2 Å². The number of hydrogen-bond donors (Lipinski definition) is 4. The minimum Gasteiger partial charge on any atom is -0.460 e. The summed E-state index contributed by atoms with van der Waals surface area (Å²) in [6.45, 7) is 5.90. The molecule has 0 fully saturated rings. The summed E-state index contributed by atoms with van der Waals surface area (Å²) < 4.78 is -2.91. The summed E-state index contributed by atoms with van der Waals surface area (Å²) in [5.74, 6) is -0.0232. The van der Waals surface area contributed by atoms with Gasteiger partial charge in [0.1, 0.15) is 0 Å². The molecule has 2 rings (SSSR count). The van der Waals surface area contributed by atoms with Gasteiger partial charge >= 0.3 is 0 Å². The molecule has 0 atom stereocenters. The number of benzene rings is 1. The molecular weight excluding hydrogens is 641 g/mol. The second kappa shape index (κ2) is 15.5. The lowest BCUT2D eigenvalue weighted by molar-refractivity contribution is 0.471. The molecule has 0 saturated heterocycles. The van der Waals surface area contributed by atoms with Crippen LogP contribution < -0.4 is 4.90 Å². The number of aliphatic hydroxyl groups is 4. The van der Waals surface area contributed by atoms with Crippen molar-refractivity contribution in [2.45, 2.75) is 21.4 Å². The van der Waals surface area contributed by atoms with E-state index in [9.17, 15) is 0 Å². The molecule has 0 aliphatic rings. The Hall–Kier alpha value is -1.43. The summed E-state index contributed by atoms with van der Waals surface area (Å²) in [5.41, 5.74) is 1.69. The fourth-order valence-corrected chi connectivity index (χ4v) is 3.36. The van der Waals surface area contributed by atoms with E-state index in [0.717, 1.165) is 23.2 Å². The first kappa shape index (κ1) is 32.6. The van der Waals surface area contributed by atoms with Crippen LogP contribution in [0.5, 0.6) is 0 Å². The van der Waals surface area contributed by atoms with Crippen molar-refractivity contribution in [3.8, 4) is 35.8 Å². The van der Waals surface area contributed by atoms with Gasteiger partial charge in [-0.3, -0.25) is 0 Å². The van der Waals surface area contributed by atoms with Crippen molar-refractivity contribution in [3.63, 3.8) is 0 Å². The van der Waals surface area contributed by atoms with Gasteiger partial charge in [0.25, 0.3) is 0 Å². The van der Waals surface area contributed by atoms with Gasteiger partial charge in [0.15, 0.2) is 41.9 Å². The topological polar surface area (TPSA) is 123 Å². The van der Waals surface area contributed by atoms with E-state index >= 15 is 0 Å². The SMILES string of the molecule is CCN(CC)c1ccc(-c2nc(C(Cl)(Cl)Cl)nc(C(Cl)(Cl)Cl)n2)cc1Br.OC#CO.OC#CO. The average molecular weight is 658 g/mol. The first-order valence-corrected chi connectivity index (χ1v) is 11.9. The summed E-state index contributed by atoms with van der Waals surface area (Å²) in [6, 6.07) is 5.64. The highest BCUT2D eigenvalue weighted by Crippen LogP contribution is 2.41. The van der Waals surface area contributed by atoms with E-state index in [1.165, 1.54) is 24.4 Å². The molecule has 0 aliphatic heterocycles. The summed E-state index contributed by atoms with van der Waals surface area (Å²) >= 11 is 39.0. The van der Waals surface area contributed by atoms with Gasteiger partial charge in [0, 0.05) is 23.1 Å². The number of anilines is 1. The fraction of sp³-hybridized carbons (Fsp3) is 0.316. The van der Waals surface area contributed by atoms with Crippen LogP contribution in [-0.4, -0.2) is 48.5 Å². The van der Waals surface area contributed by atoms with E-state index < -0.39 is 7.59 Å². The largest absolute Gasteiger partial charge is 0.460 e. The van der Waals surface area contributed by atoms with Crippen molar-refractivity contribution in [2.24, 2.45) is 0 Å². The smallest absolute Gasteiger partial charge is 0.250 e. The van der Waals surface area contributed by atoms with Crippen LogP contribution >= 0.6 is 85.5 Å². The Morgan fingerprint density at radius 2 is 1.21 bits per heavy atom. The van der Waals surface area contributed by atoms with E-state index in [0.29, 0.717) is 5.56 Å². The number of rotatable bonds is 4. The maximum Gasteiger partial charge on any atom is 0.250 e. The van der Waals surface area contributed by atoms with E-state index in [2.05, 4.69) is 49.6 Å². The Balaban J connectivity index is 0.00000118. The second-order valence-electron chi connectivity index (χ2n) is 5.59. The van der Waals surface area contributed by atoms with E-state index in [4.69, 9.17) is 90.0 Å². The maximum atomic E-state index is 7.26. The van der Waals surface area contributed by atoms with Gasteiger partial charge in [-0.05, 0) is 48.0 Å². The molecule has 1 heterocycles. The first-order valence-electron chi connectivity index (χ1n) is 8.82. The molecule has 0 spiro atoms. The quantitative estimate of drug-likeness (QED) is 0.230. The molecule has 0 amide bonds. The monoisotopic (exact) mass is 654 g/mol. The zero-order valence-corrected chi connectivity index (χ0v) is 23.5. The molecule has 2 aromatic rings. The summed E-state index contributed by atoms with van der Waals surface area (Å²) in [4.78, 5) is 14.6. The second-order valence-corrected chi connectivity index (χ2v) is 11.0. The van der Waals surface area contributed by atoms with Crippen LogP contribution in [-0.2, 0) is 7.59 Å². The van der Waals surface area contributed by atoms with E-state index in [-0.39, 0.29) is 17.5 Å². The number of aromatic nitrogens is 3. The number of aliphatic hydroxyl groups excluding tert-OH is 4. The van der Waals surface area contributed by atoms with Gasteiger partial charge < -0.3 is 25.3 Å². The Labute approximate surface area is 234 Å². The molecule has 34 heavy (non-hydrogen) atoms. The Morgan fingerprint density at radius 3 is 1.50 bits per heavy atom. The molecule has 0 unspecified atom stereocenters. The highest BCUT2D eigenvalue weighted by molar-refractivity contribution is 9.10. The van der Waals surface area contributed by atoms with E-state index in [1.54, 1.807) is 0 Å². The molecule has 0 radical (unpaired) electrons. The first-order chi connectivity index (χ1) is 15.8. The van der Waals surface area contributed by atoms with Gasteiger partial charge in [-0.2, -0.15) is 0 Å². The minimum absolute atomic E-state index is 0.127. The van der Waals surface area contributed by atoms with Crippen LogP contribution in [0.25, 0.3) is 11.4 Å². The van der Waals surface area contributed by atoms with Crippen molar-refractivity contribution >= 4 is 91.2 Å². The number of nitrogens with zero attached hydrogens (tertiary/aromatic N) is 4. The van der Waals surface area contributed by atoms with Crippen LogP contribution in [0.3, 0.4) is 0 Å². The third kappa shape index (κ3) is 10.9. The molecule has 1 aromatic heterocycles. The van der Waals surface area contributed by atoms with Crippen molar-refractivity contribution in [2.75, 3.05) is 18.0 Å². The van der Waals surface area contributed by atoms with Gasteiger partial charge in [-0.25, -0.2) is 15.0 Å². The average Bonchev–Trinajstić information content (AvgIpc) is 2.79. The Bertz CT molecular complexity index is 993. The van der Waals surface area contributed by atoms with Crippen LogP contribution in [0.1, 0.15) is 25.5 Å². The third-order valence-corrected chi connectivity index (χ3v) is 5.20. The van der Waals surface area contributed by atoms with Crippen LogP contribution in [0.2, 0.25) is 0 Å². The van der Waals surface area contributed by atoms with Crippen molar-refractivity contribution < 1.29 is 20.4 Å². The highest BCUT2D eigenvalue weighted by atomic mass is 79.9. The fourth-order valence-electron chi connectivity index (χ4n) is 2.23.